The van der Waals surface area contributed by atoms with E-state index in [1.165, 1.54) is 37.8 Å². The van der Waals surface area contributed by atoms with E-state index in [1.807, 2.05) is 0 Å². The SMILES string of the molecule is COC(=O)[C@H](Cc1cnc[nH]1)NC(=O)c1ccccc1-c1ccc(C(F)(F)F)cc1. The number of aromatic amines is 1. The molecule has 0 aliphatic heterocycles. The van der Waals surface area contributed by atoms with Gasteiger partial charge in [-0.2, -0.15) is 13.2 Å². The summed E-state index contributed by atoms with van der Waals surface area (Å²) in [5.41, 5.74) is 0.946. The molecule has 2 N–H and O–H groups in total. The Morgan fingerprint density at radius 1 is 1.13 bits per heavy atom. The molecule has 1 atom stereocenters. The minimum absolute atomic E-state index is 0.140. The van der Waals surface area contributed by atoms with Crippen LogP contribution >= 0.6 is 0 Å². The Kier molecular flexibility index (Phi) is 6.20. The molecule has 2 aromatic carbocycles. The maximum atomic E-state index is 12.9. The highest BCUT2D eigenvalue weighted by Crippen LogP contribution is 2.31. The van der Waals surface area contributed by atoms with Gasteiger partial charge in [-0.05, 0) is 29.3 Å². The van der Waals surface area contributed by atoms with Gasteiger partial charge in [0, 0.05) is 23.9 Å². The molecular weight excluding hydrogens is 399 g/mol. The van der Waals surface area contributed by atoms with Crippen LogP contribution in [0.3, 0.4) is 0 Å². The summed E-state index contributed by atoms with van der Waals surface area (Å²) in [7, 11) is 1.21. The van der Waals surface area contributed by atoms with Crippen LogP contribution in [0, 0.1) is 0 Å². The third-order valence-corrected chi connectivity index (χ3v) is 4.46. The smallest absolute Gasteiger partial charge is 0.416 e. The molecule has 0 saturated carbocycles. The van der Waals surface area contributed by atoms with Gasteiger partial charge < -0.3 is 15.0 Å². The molecule has 0 bridgehead atoms. The van der Waals surface area contributed by atoms with Gasteiger partial charge >= 0.3 is 12.1 Å². The Balaban J connectivity index is 1.86. The van der Waals surface area contributed by atoms with Gasteiger partial charge in [0.25, 0.3) is 5.91 Å². The number of ether oxygens (including phenoxy) is 1. The number of aromatic nitrogens is 2. The van der Waals surface area contributed by atoms with Crippen molar-refractivity contribution in [1.29, 1.82) is 0 Å². The maximum absolute atomic E-state index is 12.9. The van der Waals surface area contributed by atoms with Crippen molar-refractivity contribution in [3.8, 4) is 11.1 Å². The van der Waals surface area contributed by atoms with Gasteiger partial charge in [-0.1, -0.05) is 30.3 Å². The van der Waals surface area contributed by atoms with Crippen LogP contribution in [-0.2, 0) is 22.1 Å². The van der Waals surface area contributed by atoms with Gasteiger partial charge in [-0.3, -0.25) is 4.79 Å². The van der Waals surface area contributed by atoms with E-state index >= 15 is 0 Å². The van der Waals surface area contributed by atoms with Gasteiger partial charge in [0.05, 0.1) is 19.0 Å². The molecule has 1 heterocycles. The number of carbonyl (C=O) groups is 2. The summed E-state index contributed by atoms with van der Waals surface area (Å²) in [5.74, 6) is -1.19. The van der Waals surface area contributed by atoms with E-state index in [-0.39, 0.29) is 12.0 Å². The van der Waals surface area contributed by atoms with Crippen LogP contribution in [0.4, 0.5) is 13.2 Å². The average molecular weight is 417 g/mol. The maximum Gasteiger partial charge on any atom is 0.416 e. The highest BCUT2D eigenvalue weighted by atomic mass is 19.4. The summed E-state index contributed by atoms with van der Waals surface area (Å²) >= 11 is 0. The van der Waals surface area contributed by atoms with Crippen LogP contribution in [0.25, 0.3) is 11.1 Å². The fraction of sp³-hybridized carbons (Fsp3) is 0.190. The van der Waals surface area contributed by atoms with Crippen molar-refractivity contribution in [1.82, 2.24) is 15.3 Å². The minimum atomic E-state index is -4.45. The second-order valence-corrected chi connectivity index (χ2v) is 6.45. The minimum Gasteiger partial charge on any atom is -0.467 e. The van der Waals surface area contributed by atoms with Gasteiger partial charge in [-0.15, -0.1) is 0 Å². The van der Waals surface area contributed by atoms with Crippen LogP contribution in [0.2, 0.25) is 0 Å². The van der Waals surface area contributed by atoms with Crippen LogP contribution in [-0.4, -0.2) is 35.0 Å². The van der Waals surface area contributed by atoms with Crippen LogP contribution in [0.15, 0.2) is 61.1 Å². The Bertz CT molecular complexity index is 1020. The zero-order chi connectivity index (χ0) is 21.7. The van der Waals surface area contributed by atoms with E-state index in [2.05, 4.69) is 15.3 Å². The predicted octanol–water partition coefficient (Wildman–Crippen LogP) is 3.61. The van der Waals surface area contributed by atoms with Crippen molar-refractivity contribution in [2.75, 3.05) is 7.11 Å². The normalized spacial score (nSPS) is 12.3. The molecule has 6 nitrogen and oxygen atoms in total. The first-order chi connectivity index (χ1) is 14.3. The number of halogens is 3. The van der Waals surface area contributed by atoms with Gasteiger partial charge in [0.15, 0.2) is 0 Å². The number of methoxy groups -OCH3 is 1. The van der Waals surface area contributed by atoms with Gasteiger partial charge in [-0.25, -0.2) is 9.78 Å². The number of hydrogen-bond acceptors (Lipinski definition) is 4. The van der Waals surface area contributed by atoms with Crippen molar-refractivity contribution in [2.24, 2.45) is 0 Å². The van der Waals surface area contributed by atoms with Crippen molar-refractivity contribution < 1.29 is 27.5 Å². The number of carbonyl (C=O) groups excluding carboxylic acids is 2. The number of benzene rings is 2. The second-order valence-electron chi connectivity index (χ2n) is 6.45. The fourth-order valence-corrected chi connectivity index (χ4v) is 2.96. The number of hydrogen-bond donors (Lipinski definition) is 2. The Morgan fingerprint density at radius 3 is 2.43 bits per heavy atom. The lowest BCUT2D eigenvalue weighted by atomic mass is 9.97. The first-order valence-electron chi connectivity index (χ1n) is 8.92. The first kappa shape index (κ1) is 21.1. The summed E-state index contributed by atoms with van der Waals surface area (Å²) in [5, 5.41) is 2.63. The molecule has 156 valence electrons. The number of nitrogens with zero attached hydrogens (tertiary/aromatic N) is 1. The molecule has 3 aromatic rings. The Morgan fingerprint density at radius 2 is 1.83 bits per heavy atom. The molecule has 0 aliphatic rings. The number of nitrogens with one attached hydrogen (secondary N) is 2. The van der Waals surface area contributed by atoms with Crippen LogP contribution < -0.4 is 5.32 Å². The van der Waals surface area contributed by atoms with Crippen LogP contribution in [0.1, 0.15) is 21.6 Å². The largest absolute Gasteiger partial charge is 0.467 e. The van der Waals surface area contributed by atoms with Crippen molar-refractivity contribution in [3.63, 3.8) is 0 Å². The number of esters is 1. The van der Waals surface area contributed by atoms with Gasteiger partial charge in [0.1, 0.15) is 6.04 Å². The summed E-state index contributed by atoms with van der Waals surface area (Å²) in [4.78, 5) is 31.7. The molecule has 0 unspecified atom stereocenters. The van der Waals surface area contributed by atoms with E-state index in [1.54, 1.807) is 18.2 Å². The molecule has 0 fully saturated rings. The first-order valence-corrected chi connectivity index (χ1v) is 8.92. The van der Waals surface area contributed by atoms with E-state index < -0.39 is 29.7 Å². The lowest BCUT2D eigenvalue weighted by Gasteiger charge is -2.17. The Hall–Kier alpha value is -3.62. The molecule has 30 heavy (non-hydrogen) atoms. The van der Waals surface area contributed by atoms with E-state index in [0.717, 1.165) is 12.1 Å². The lowest BCUT2D eigenvalue weighted by molar-refractivity contribution is -0.143. The lowest BCUT2D eigenvalue weighted by Crippen LogP contribution is -2.43. The zero-order valence-electron chi connectivity index (χ0n) is 15.9. The van der Waals surface area contributed by atoms with Crippen molar-refractivity contribution in [3.05, 3.63) is 77.9 Å². The third-order valence-electron chi connectivity index (χ3n) is 4.46. The number of rotatable bonds is 6. The van der Waals surface area contributed by atoms with Gasteiger partial charge in [0.2, 0.25) is 0 Å². The fourth-order valence-electron chi connectivity index (χ4n) is 2.96. The topological polar surface area (TPSA) is 84.1 Å². The van der Waals surface area contributed by atoms with E-state index in [0.29, 0.717) is 16.8 Å². The standard InChI is InChI=1S/C21H18F3N3O3/c1-30-20(29)18(10-15-11-25-12-26-15)27-19(28)17-5-3-2-4-16(17)13-6-8-14(9-7-13)21(22,23)24/h2-9,11-12,18H,10H2,1H3,(H,25,26)(H,27,28)/t18-/m0/s1. The number of imidazole rings is 1. The molecule has 3 rings (SSSR count). The summed E-state index contributed by atoms with van der Waals surface area (Å²) in [6.07, 6.45) is -1.33. The predicted molar refractivity (Wildman–Crippen MR) is 102 cm³/mol. The molecule has 0 aliphatic carbocycles. The monoisotopic (exact) mass is 417 g/mol. The third kappa shape index (κ3) is 4.86. The number of alkyl halides is 3. The quantitative estimate of drug-likeness (QED) is 0.600. The molecular formula is C21H18F3N3O3. The highest BCUT2D eigenvalue weighted by molar-refractivity contribution is 6.02. The van der Waals surface area contributed by atoms with Crippen molar-refractivity contribution in [2.45, 2.75) is 18.6 Å². The number of H-pyrrole nitrogens is 1. The number of amides is 1. The molecule has 0 radical (unpaired) electrons. The van der Waals surface area contributed by atoms with E-state index in [4.69, 9.17) is 4.74 Å². The summed E-state index contributed by atoms with van der Waals surface area (Å²) in [6, 6.07) is 10.0. The summed E-state index contributed by atoms with van der Waals surface area (Å²) < 4.78 is 43.2. The van der Waals surface area contributed by atoms with E-state index in [9.17, 15) is 22.8 Å². The molecule has 0 spiro atoms. The highest BCUT2D eigenvalue weighted by Gasteiger charge is 2.30. The Labute approximate surface area is 170 Å². The molecule has 0 saturated heterocycles. The zero-order valence-corrected chi connectivity index (χ0v) is 15.9. The van der Waals surface area contributed by atoms with Crippen molar-refractivity contribution >= 4 is 11.9 Å². The molecule has 9 heteroatoms. The molecule has 1 aromatic heterocycles. The molecule has 1 amide bonds. The average Bonchev–Trinajstić information content (AvgIpc) is 3.25. The van der Waals surface area contributed by atoms with Crippen LogP contribution in [0.5, 0.6) is 0 Å². The second kappa shape index (κ2) is 8.81. The summed E-state index contributed by atoms with van der Waals surface area (Å²) in [6.45, 7) is 0.